The second kappa shape index (κ2) is 5.68. The van der Waals surface area contributed by atoms with Gasteiger partial charge in [0.15, 0.2) is 0 Å². The maximum Gasteiger partial charge on any atom is 0.0283 e. The van der Waals surface area contributed by atoms with E-state index >= 15 is 0 Å². The lowest BCUT2D eigenvalue weighted by Crippen LogP contribution is -2.52. The molecule has 1 heterocycles. The van der Waals surface area contributed by atoms with Gasteiger partial charge in [0, 0.05) is 24.7 Å². The zero-order valence-corrected chi connectivity index (χ0v) is 11.6. The summed E-state index contributed by atoms with van der Waals surface area (Å²) in [5, 5.41) is 0. The maximum absolute atomic E-state index is 6.54. The third-order valence-corrected chi connectivity index (χ3v) is 4.61. The zero-order chi connectivity index (χ0) is 12.3. The van der Waals surface area contributed by atoms with E-state index in [-0.39, 0.29) is 5.54 Å². The van der Waals surface area contributed by atoms with Gasteiger partial charge in [0.1, 0.15) is 0 Å². The molecular weight excluding hydrogens is 210 g/mol. The van der Waals surface area contributed by atoms with E-state index in [1.165, 1.54) is 58.2 Å². The molecule has 0 spiro atoms. The summed E-state index contributed by atoms with van der Waals surface area (Å²) >= 11 is 0. The van der Waals surface area contributed by atoms with Crippen LogP contribution < -0.4 is 5.73 Å². The summed E-state index contributed by atoms with van der Waals surface area (Å²) in [6.07, 6.45) is 7.68. The Kier molecular flexibility index (Phi) is 4.45. The predicted octanol–water partition coefficient (Wildman–Crippen LogP) is 1.67. The summed E-state index contributed by atoms with van der Waals surface area (Å²) < 4.78 is 0. The van der Waals surface area contributed by atoms with Crippen molar-refractivity contribution in [3.63, 3.8) is 0 Å². The molecule has 3 nitrogen and oxygen atoms in total. The van der Waals surface area contributed by atoms with Crippen molar-refractivity contribution in [1.82, 2.24) is 9.80 Å². The van der Waals surface area contributed by atoms with E-state index in [0.29, 0.717) is 6.04 Å². The minimum Gasteiger partial charge on any atom is -0.324 e. The first-order chi connectivity index (χ1) is 8.13. The standard InChI is InChI=1S/C14H29N3/c1-3-13-11-16(2)9-6-10-17(13)12-14(15)7-4-5-8-14/h13H,3-12,15H2,1-2H3. The Balaban J connectivity index is 1.96. The first-order valence-corrected chi connectivity index (χ1v) is 7.34. The molecule has 0 aromatic heterocycles. The summed E-state index contributed by atoms with van der Waals surface area (Å²) in [6, 6.07) is 0.712. The highest BCUT2D eigenvalue weighted by Crippen LogP contribution is 2.29. The van der Waals surface area contributed by atoms with Crippen molar-refractivity contribution >= 4 is 0 Å². The summed E-state index contributed by atoms with van der Waals surface area (Å²) in [6.45, 7) is 7.13. The molecule has 1 saturated carbocycles. The van der Waals surface area contributed by atoms with Crippen molar-refractivity contribution in [2.75, 3.05) is 33.2 Å². The average Bonchev–Trinajstić information content (AvgIpc) is 2.63. The number of likely N-dealkylation sites (N-methyl/N-ethyl adjacent to an activating group) is 1. The smallest absolute Gasteiger partial charge is 0.0283 e. The van der Waals surface area contributed by atoms with Crippen molar-refractivity contribution in [2.45, 2.75) is 57.0 Å². The Labute approximate surface area is 106 Å². The predicted molar refractivity (Wildman–Crippen MR) is 73.2 cm³/mol. The van der Waals surface area contributed by atoms with Crippen LogP contribution >= 0.6 is 0 Å². The van der Waals surface area contributed by atoms with Crippen LogP contribution in [0.15, 0.2) is 0 Å². The molecule has 17 heavy (non-hydrogen) atoms. The fourth-order valence-electron chi connectivity index (χ4n) is 3.53. The van der Waals surface area contributed by atoms with Gasteiger partial charge in [0.05, 0.1) is 0 Å². The largest absolute Gasteiger partial charge is 0.324 e. The van der Waals surface area contributed by atoms with Gasteiger partial charge in [0.25, 0.3) is 0 Å². The Morgan fingerprint density at radius 1 is 1.18 bits per heavy atom. The maximum atomic E-state index is 6.54. The highest BCUT2D eigenvalue weighted by atomic mass is 15.2. The molecule has 0 amide bonds. The van der Waals surface area contributed by atoms with E-state index in [0.717, 1.165) is 6.54 Å². The molecule has 1 unspecified atom stereocenters. The van der Waals surface area contributed by atoms with Gasteiger partial charge >= 0.3 is 0 Å². The van der Waals surface area contributed by atoms with Crippen molar-refractivity contribution in [1.29, 1.82) is 0 Å². The zero-order valence-electron chi connectivity index (χ0n) is 11.6. The second-order valence-corrected chi connectivity index (χ2v) is 6.22. The van der Waals surface area contributed by atoms with Crippen LogP contribution in [0.1, 0.15) is 45.4 Å². The van der Waals surface area contributed by atoms with E-state index in [4.69, 9.17) is 5.73 Å². The molecule has 2 fully saturated rings. The van der Waals surface area contributed by atoms with Crippen LogP contribution in [-0.4, -0.2) is 54.6 Å². The van der Waals surface area contributed by atoms with Gasteiger partial charge in [0.2, 0.25) is 0 Å². The number of nitrogens with zero attached hydrogens (tertiary/aromatic N) is 2. The summed E-state index contributed by atoms with van der Waals surface area (Å²) in [5.41, 5.74) is 6.66. The lowest BCUT2D eigenvalue weighted by molar-refractivity contribution is 0.145. The van der Waals surface area contributed by atoms with Crippen LogP contribution in [0.3, 0.4) is 0 Å². The van der Waals surface area contributed by atoms with E-state index in [2.05, 4.69) is 23.8 Å². The third-order valence-electron chi connectivity index (χ3n) is 4.61. The van der Waals surface area contributed by atoms with Gasteiger partial charge in [-0.25, -0.2) is 0 Å². The van der Waals surface area contributed by atoms with Crippen molar-refractivity contribution in [2.24, 2.45) is 5.73 Å². The van der Waals surface area contributed by atoms with E-state index < -0.39 is 0 Å². The Bertz CT molecular complexity index is 236. The van der Waals surface area contributed by atoms with Gasteiger partial charge < -0.3 is 10.6 Å². The number of rotatable bonds is 3. The van der Waals surface area contributed by atoms with Crippen molar-refractivity contribution in [3.05, 3.63) is 0 Å². The number of hydrogen-bond acceptors (Lipinski definition) is 3. The fraction of sp³-hybridized carbons (Fsp3) is 1.00. The average molecular weight is 239 g/mol. The van der Waals surface area contributed by atoms with Crippen LogP contribution in [0.4, 0.5) is 0 Å². The normalized spacial score (nSPS) is 31.6. The highest BCUT2D eigenvalue weighted by Gasteiger charge is 2.34. The molecule has 1 saturated heterocycles. The molecule has 100 valence electrons. The lowest BCUT2D eigenvalue weighted by atomic mass is 9.97. The molecule has 3 heteroatoms. The Morgan fingerprint density at radius 2 is 1.88 bits per heavy atom. The van der Waals surface area contributed by atoms with Gasteiger partial charge in [-0.1, -0.05) is 19.8 Å². The van der Waals surface area contributed by atoms with Crippen LogP contribution in [0.2, 0.25) is 0 Å². The molecule has 1 aliphatic heterocycles. The molecule has 1 atom stereocenters. The topological polar surface area (TPSA) is 32.5 Å². The molecule has 0 aromatic rings. The van der Waals surface area contributed by atoms with Crippen molar-refractivity contribution < 1.29 is 0 Å². The second-order valence-electron chi connectivity index (χ2n) is 6.22. The Morgan fingerprint density at radius 3 is 2.53 bits per heavy atom. The minimum atomic E-state index is 0.121. The van der Waals surface area contributed by atoms with Crippen LogP contribution in [-0.2, 0) is 0 Å². The van der Waals surface area contributed by atoms with Gasteiger partial charge in [-0.2, -0.15) is 0 Å². The van der Waals surface area contributed by atoms with Crippen LogP contribution in [0, 0.1) is 0 Å². The SMILES string of the molecule is CCC1CN(C)CCCN1CC1(N)CCCC1. The first kappa shape index (κ1) is 13.3. The molecule has 0 radical (unpaired) electrons. The minimum absolute atomic E-state index is 0.121. The van der Waals surface area contributed by atoms with Crippen LogP contribution in [0.5, 0.6) is 0 Å². The van der Waals surface area contributed by atoms with Gasteiger partial charge in [-0.05, 0) is 45.8 Å². The van der Waals surface area contributed by atoms with Gasteiger partial charge in [-0.15, -0.1) is 0 Å². The molecule has 2 N–H and O–H groups in total. The molecule has 1 aliphatic carbocycles. The first-order valence-electron chi connectivity index (χ1n) is 7.34. The molecule has 2 rings (SSSR count). The summed E-state index contributed by atoms with van der Waals surface area (Å²) in [4.78, 5) is 5.15. The number of hydrogen-bond donors (Lipinski definition) is 1. The monoisotopic (exact) mass is 239 g/mol. The molecular formula is C14H29N3. The lowest BCUT2D eigenvalue weighted by Gasteiger charge is -2.36. The summed E-state index contributed by atoms with van der Waals surface area (Å²) in [7, 11) is 2.25. The van der Waals surface area contributed by atoms with E-state index in [1.807, 2.05) is 0 Å². The molecule has 2 aliphatic rings. The van der Waals surface area contributed by atoms with Gasteiger partial charge in [-0.3, -0.25) is 4.90 Å². The number of nitrogens with two attached hydrogens (primary N) is 1. The fourth-order valence-corrected chi connectivity index (χ4v) is 3.53. The third kappa shape index (κ3) is 3.43. The quantitative estimate of drug-likeness (QED) is 0.813. The van der Waals surface area contributed by atoms with Crippen LogP contribution in [0.25, 0.3) is 0 Å². The summed E-state index contributed by atoms with van der Waals surface area (Å²) in [5.74, 6) is 0. The molecule has 0 aromatic carbocycles. The van der Waals surface area contributed by atoms with E-state index in [1.54, 1.807) is 0 Å². The van der Waals surface area contributed by atoms with E-state index in [9.17, 15) is 0 Å². The molecule has 0 bridgehead atoms. The highest BCUT2D eigenvalue weighted by molar-refractivity contribution is 4.94. The van der Waals surface area contributed by atoms with Crippen molar-refractivity contribution in [3.8, 4) is 0 Å². The Hall–Kier alpha value is -0.120.